The van der Waals surface area contributed by atoms with E-state index in [2.05, 4.69) is 16.9 Å². The molecule has 0 aliphatic carbocycles. The molecule has 0 saturated heterocycles. The number of unbranched alkanes of at least 4 members (excludes halogenated alkanes) is 2. The molecular weight excluding hydrogens is 248 g/mol. The third-order valence-electron chi connectivity index (χ3n) is 3.03. The van der Waals surface area contributed by atoms with Crippen LogP contribution in [0, 0.1) is 0 Å². The number of ether oxygens (including phenoxy) is 1. The van der Waals surface area contributed by atoms with E-state index in [0.717, 1.165) is 23.8 Å². The van der Waals surface area contributed by atoms with Crippen LogP contribution in [0.5, 0.6) is 0 Å². The van der Waals surface area contributed by atoms with Gasteiger partial charge in [-0.15, -0.1) is 0 Å². The molecule has 0 amide bonds. The van der Waals surface area contributed by atoms with E-state index >= 15 is 0 Å². The first-order valence-corrected chi connectivity index (χ1v) is 6.37. The summed E-state index contributed by atoms with van der Waals surface area (Å²) >= 11 is 0. The fourth-order valence-corrected chi connectivity index (χ4v) is 1.92. The van der Waals surface area contributed by atoms with E-state index in [9.17, 15) is 9.59 Å². The van der Waals surface area contributed by atoms with E-state index in [-0.39, 0.29) is 6.73 Å². The van der Waals surface area contributed by atoms with Gasteiger partial charge in [-0.1, -0.05) is 19.8 Å². The maximum atomic E-state index is 12.1. The lowest BCUT2D eigenvalue weighted by Gasteiger charge is -2.08. The second-order valence-corrected chi connectivity index (χ2v) is 4.42. The van der Waals surface area contributed by atoms with Crippen LogP contribution in [0.4, 0.5) is 0 Å². The predicted molar refractivity (Wildman–Crippen MR) is 71.1 cm³/mol. The summed E-state index contributed by atoms with van der Waals surface area (Å²) in [4.78, 5) is 30.8. The quantitative estimate of drug-likeness (QED) is 0.776. The van der Waals surface area contributed by atoms with Gasteiger partial charge in [0.2, 0.25) is 0 Å². The van der Waals surface area contributed by atoms with Crippen molar-refractivity contribution in [2.45, 2.75) is 32.9 Å². The van der Waals surface area contributed by atoms with E-state index in [1.807, 2.05) is 0 Å². The summed E-state index contributed by atoms with van der Waals surface area (Å²) in [6.45, 7) is 2.63. The molecule has 2 rings (SSSR count). The number of nitrogens with one attached hydrogen (secondary N) is 1. The molecule has 0 bridgehead atoms. The number of H-pyrrole nitrogens is 1. The lowest BCUT2D eigenvalue weighted by Crippen LogP contribution is -2.39. The van der Waals surface area contributed by atoms with Gasteiger partial charge in [-0.3, -0.25) is 9.36 Å². The number of hydrogen-bond donors (Lipinski definition) is 1. The summed E-state index contributed by atoms with van der Waals surface area (Å²) < 4.78 is 7.79. The Morgan fingerprint density at radius 2 is 2.16 bits per heavy atom. The minimum Gasteiger partial charge on any atom is -0.360 e. The zero-order valence-electron chi connectivity index (χ0n) is 11.2. The van der Waals surface area contributed by atoms with Gasteiger partial charge in [-0.2, -0.15) is 0 Å². The van der Waals surface area contributed by atoms with E-state index in [0.29, 0.717) is 17.8 Å². The van der Waals surface area contributed by atoms with E-state index in [1.54, 1.807) is 7.05 Å². The van der Waals surface area contributed by atoms with Gasteiger partial charge in [0.25, 0.3) is 5.56 Å². The summed E-state index contributed by atoms with van der Waals surface area (Å²) in [5, 5.41) is 0. The smallest absolute Gasteiger partial charge is 0.334 e. The summed E-state index contributed by atoms with van der Waals surface area (Å²) in [6.07, 6.45) is 4.51. The van der Waals surface area contributed by atoms with Gasteiger partial charge in [-0.05, 0) is 6.42 Å². The van der Waals surface area contributed by atoms with Crippen LogP contribution in [0.25, 0.3) is 11.2 Å². The number of aromatic amines is 1. The molecule has 0 unspecified atom stereocenters. The van der Waals surface area contributed by atoms with Crippen molar-refractivity contribution in [2.24, 2.45) is 7.05 Å². The molecule has 0 spiro atoms. The molecule has 2 aromatic heterocycles. The topological polar surface area (TPSA) is 81.9 Å². The molecule has 0 saturated carbocycles. The second-order valence-electron chi connectivity index (χ2n) is 4.42. The van der Waals surface area contributed by atoms with E-state index < -0.39 is 11.2 Å². The van der Waals surface area contributed by atoms with Crippen LogP contribution in [0.3, 0.4) is 0 Å². The van der Waals surface area contributed by atoms with Crippen molar-refractivity contribution in [1.29, 1.82) is 0 Å². The third kappa shape index (κ3) is 2.60. The molecule has 0 radical (unpaired) electrons. The Hall–Kier alpha value is -1.89. The van der Waals surface area contributed by atoms with Crippen molar-refractivity contribution in [3.8, 4) is 0 Å². The first-order chi connectivity index (χ1) is 9.16. The molecule has 7 nitrogen and oxygen atoms in total. The molecule has 2 aromatic rings. The number of fused-ring (bicyclic) bond motifs is 1. The number of aryl methyl sites for hydroxylation is 1. The van der Waals surface area contributed by atoms with Gasteiger partial charge in [0.15, 0.2) is 5.65 Å². The monoisotopic (exact) mass is 266 g/mol. The summed E-state index contributed by atoms with van der Waals surface area (Å²) in [5.41, 5.74) is -0.136. The summed E-state index contributed by atoms with van der Waals surface area (Å²) in [6, 6.07) is 0. The minimum absolute atomic E-state index is 0.0236. The molecule has 0 fully saturated rings. The highest BCUT2D eigenvalue weighted by molar-refractivity contribution is 5.68. The normalized spacial score (nSPS) is 11.3. The zero-order valence-corrected chi connectivity index (χ0v) is 11.2. The Kier molecular flexibility index (Phi) is 4.16. The molecule has 0 aliphatic rings. The summed E-state index contributed by atoms with van der Waals surface area (Å²) in [5.74, 6) is 0. The zero-order chi connectivity index (χ0) is 13.8. The van der Waals surface area contributed by atoms with E-state index in [1.165, 1.54) is 10.9 Å². The minimum atomic E-state index is -0.417. The van der Waals surface area contributed by atoms with Gasteiger partial charge in [0.1, 0.15) is 12.2 Å². The maximum Gasteiger partial charge on any atom is 0.334 e. The van der Waals surface area contributed by atoms with Gasteiger partial charge in [-0.25, -0.2) is 14.3 Å². The van der Waals surface area contributed by atoms with Crippen LogP contribution in [0.1, 0.15) is 26.2 Å². The van der Waals surface area contributed by atoms with Crippen LogP contribution >= 0.6 is 0 Å². The van der Waals surface area contributed by atoms with Gasteiger partial charge < -0.3 is 9.72 Å². The Balaban J connectivity index is 2.23. The van der Waals surface area contributed by atoms with Crippen LogP contribution in [0.15, 0.2) is 15.9 Å². The number of rotatable bonds is 6. The largest absolute Gasteiger partial charge is 0.360 e. The Morgan fingerprint density at radius 1 is 1.37 bits per heavy atom. The van der Waals surface area contributed by atoms with Crippen molar-refractivity contribution in [3.63, 3.8) is 0 Å². The maximum absolute atomic E-state index is 12.1. The van der Waals surface area contributed by atoms with Gasteiger partial charge in [0, 0.05) is 13.7 Å². The number of nitrogens with zero attached hydrogens (tertiary/aromatic N) is 3. The fourth-order valence-electron chi connectivity index (χ4n) is 1.92. The lowest BCUT2D eigenvalue weighted by molar-refractivity contribution is 0.0686. The van der Waals surface area contributed by atoms with Crippen molar-refractivity contribution < 1.29 is 4.74 Å². The van der Waals surface area contributed by atoms with Crippen molar-refractivity contribution in [1.82, 2.24) is 19.1 Å². The SMILES string of the molecule is CCCCCOCn1c(=O)c2[nH]cnc2n(C)c1=O. The van der Waals surface area contributed by atoms with Gasteiger partial charge >= 0.3 is 5.69 Å². The number of imidazole rings is 1. The molecule has 7 heteroatoms. The highest BCUT2D eigenvalue weighted by atomic mass is 16.5. The molecule has 0 aromatic carbocycles. The second kappa shape index (κ2) is 5.83. The Labute approximate surface area is 109 Å². The molecule has 2 heterocycles. The standard InChI is InChI=1S/C12H18N4O3/c1-3-4-5-6-19-8-16-11(17)9-10(14-7-13-9)15(2)12(16)18/h7H,3-6,8H2,1-2H3,(H,13,14). The molecule has 19 heavy (non-hydrogen) atoms. The molecule has 104 valence electrons. The third-order valence-corrected chi connectivity index (χ3v) is 3.03. The average molecular weight is 266 g/mol. The summed E-state index contributed by atoms with van der Waals surface area (Å²) in [7, 11) is 1.58. The number of aromatic nitrogens is 4. The first kappa shape index (κ1) is 13.5. The van der Waals surface area contributed by atoms with Crippen molar-refractivity contribution in [2.75, 3.05) is 6.61 Å². The molecule has 0 atom stereocenters. The van der Waals surface area contributed by atoms with Crippen LogP contribution in [0.2, 0.25) is 0 Å². The van der Waals surface area contributed by atoms with Crippen LogP contribution in [-0.4, -0.2) is 25.7 Å². The molecule has 1 N–H and O–H groups in total. The highest BCUT2D eigenvalue weighted by Gasteiger charge is 2.12. The van der Waals surface area contributed by atoms with Crippen molar-refractivity contribution in [3.05, 3.63) is 27.2 Å². The fraction of sp³-hybridized carbons (Fsp3) is 0.583. The average Bonchev–Trinajstić information content (AvgIpc) is 2.89. The van der Waals surface area contributed by atoms with Gasteiger partial charge in [0.05, 0.1) is 6.33 Å². The predicted octanol–water partition coefficient (Wildman–Crippen LogP) is 0.588. The number of hydrogen-bond acceptors (Lipinski definition) is 4. The van der Waals surface area contributed by atoms with Crippen molar-refractivity contribution >= 4 is 11.2 Å². The van der Waals surface area contributed by atoms with E-state index in [4.69, 9.17) is 4.74 Å². The lowest BCUT2D eigenvalue weighted by atomic mass is 10.3. The molecule has 0 aliphatic heterocycles. The Bertz CT molecular complexity index is 668. The van der Waals surface area contributed by atoms with Crippen LogP contribution < -0.4 is 11.2 Å². The van der Waals surface area contributed by atoms with Crippen LogP contribution in [-0.2, 0) is 18.5 Å². The highest BCUT2D eigenvalue weighted by Crippen LogP contribution is 1.99. The first-order valence-electron chi connectivity index (χ1n) is 6.37. The Morgan fingerprint density at radius 3 is 2.89 bits per heavy atom. The molecular formula is C12H18N4O3.